The molecule has 66 heavy (non-hydrogen) atoms. The molecule has 4 atom stereocenters. The monoisotopic (exact) mass is 989 g/mol. The number of carbonyl (C=O) groups is 2. The molecule has 2 aliphatic heterocycles. The maximum Gasteiger partial charge on any atom is 0.490 e. The number of rotatable bonds is 16. The number of nitrogens with one attached hydrogen (secondary N) is 2. The highest BCUT2D eigenvalue weighted by atomic mass is 32.1. The van der Waals surface area contributed by atoms with E-state index in [9.17, 15) is 42.7 Å². The first-order valence-electron chi connectivity index (χ1n) is 20.1. The SMILES string of the molecule is CN(CCCC(=O)NCC#Cc1cn([C@H]2CC[C@@H](COP(=O)(O)OP(=O)(O)OP(=O)(O)O)O2)c(=O)[nH]c1=O)C(=O)c1ccccc1-c1c2ccc(=[N+](C)C)cc-2sc2cc(N(C)C)ccc12. The summed E-state index contributed by atoms with van der Waals surface area (Å²) in [6.45, 7) is -0.581. The number of fused-ring (bicyclic) bond motifs is 2. The highest BCUT2D eigenvalue weighted by Crippen LogP contribution is 2.66. The Labute approximate surface area is 381 Å². The summed E-state index contributed by atoms with van der Waals surface area (Å²) in [5.41, 5.74) is 2.57. The van der Waals surface area contributed by atoms with Crippen molar-refractivity contribution in [3.8, 4) is 33.4 Å². The van der Waals surface area contributed by atoms with Crippen LogP contribution in [0.5, 0.6) is 0 Å². The van der Waals surface area contributed by atoms with Crippen molar-refractivity contribution in [3.63, 3.8) is 0 Å². The smallest absolute Gasteiger partial charge is 0.378 e. The van der Waals surface area contributed by atoms with E-state index in [0.717, 1.165) is 53.5 Å². The number of anilines is 1. The van der Waals surface area contributed by atoms with Gasteiger partial charge >= 0.3 is 29.2 Å². The minimum Gasteiger partial charge on any atom is -0.378 e. The Hall–Kier alpha value is -5.10. The van der Waals surface area contributed by atoms with E-state index in [1.54, 1.807) is 23.3 Å². The van der Waals surface area contributed by atoms with Gasteiger partial charge in [-0.25, -0.2) is 23.1 Å². The summed E-state index contributed by atoms with van der Waals surface area (Å²) in [7, 11) is -6.99. The number of hydrogen-bond donors (Lipinski definition) is 6. The molecule has 6 N–H and O–H groups in total. The van der Waals surface area contributed by atoms with E-state index >= 15 is 0 Å². The van der Waals surface area contributed by atoms with Crippen molar-refractivity contribution in [1.29, 1.82) is 0 Å². The molecule has 3 aliphatic rings. The summed E-state index contributed by atoms with van der Waals surface area (Å²) in [5, 5.41) is 4.74. The lowest BCUT2D eigenvalue weighted by Gasteiger charge is -2.22. The Bertz CT molecular complexity index is 3040. The number of aromatic nitrogens is 2. The molecule has 1 aromatic heterocycles. The van der Waals surface area contributed by atoms with Crippen LogP contribution < -0.4 is 31.4 Å². The Morgan fingerprint density at radius 2 is 1.71 bits per heavy atom. The summed E-state index contributed by atoms with van der Waals surface area (Å²) in [4.78, 5) is 95.3. The van der Waals surface area contributed by atoms with Gasteiger partial charge in [0.2, 0.25) is 11.3 Å². The predicted octanol–water partition coefficient (Wildman–Crippen LogP) is 3.66. The molecule has 3 aromatic rings. The van der Waals surface area contributed by atoms with Crippen molar-refractivity contribution in [1.82, 2.24) is 24.3 Å². The summed E-state index contributed by atoms with van der Waals surface area (Å²) < 4.78 is 56.3. The topological polar surface area (TPSA) is 280 Å². The Balaban J connectivity index is 1.05. The summed E-state index contributed by atoms with van der Waals surface area (Å²) in [6, 6.07) is 20.2. The molecule has 0 saturated carbocycles. The number of hydrogen-bond acceptors (Lipinski definition) is 13. The second-order valence-electron chi connectivity index (χ2n) is 15.5. The molecule has 1 aliphatic carbocycles. The highest BCUT2D eigenvalue weighted by Gasteiger charge is 2.41. The van der Waals surface area contributed by atoms with Crippen molar-refractivity contribution in [3.05, 3.63) is 104 Å². The molecule has 3 heterocycles. The molecular formula is C41H48N6O15P3S+. The van der Waals surface area contributed by atoms with Crippen molar-refractivity contribution in [2.24, 2.45) is 0 Å². The van der Waals surface area contributed by atoms with Gasteiger partial charge in [0, 0.05) is 84.2 Å². The van der Waals surface area contributed by atoms with E-state index in [-0.39, 0.29) is 49.7 Å². The van der Waals surface area contributed by atoms with Crippen molar-refractivity contribution in [2.45, 2.75) is 38.0 Å². The van der Waals surface area contributed by atoms with E-state index in [1.165, 1.54) is 0 Å². The molecule has 0 bridgehead atoms. The Morgan fingerprint density at radius 3 is 2.42 bits per heavy atom. The third-order valence-corrected chi connectivity index (χ3v) is 15.1. The number of ether oxygens (including phenoxy) is 1. The van der Waals surface area contributed by atoms with E-state index in [1.807, 2.05) is 52.5 Å². The molecule has 21 nitrogen and oxygen atoms in total. The quantitative estimate of drug-likeness (QED) is 0.0356. The lowest BCUT2D eigenvalue weighted by atomic mass is 9.91. The number of carbonyl (C=O) groups excluding carboxylic acids is 2. The van der Waals surface area contributed by atoms with Crippen LogP contribution in [0.4, 0.5) is 5.69 Å². The predicted molar refractivity (Wildman–Crippen MR) is 246 cm³/mol. The summed E-state index contributed by atoms with van der Waals surface area (Å²) in [5.74, 6) is 4.73. The number of amides is 2. The lowest BCUT2D eigenvalue weighted by Crippen LogP contribution is -2.34. The average Bonchev–Trinajstić information content (AvgIpc) is 3.71. The van der Waals surface area contributed by atoms with Gasteiger partial charge in [0.15, 0.2) is 0 Å². The van der Waals surface area contributed by atoms with E-state index in [4.69, 9.17) is 14.5 Å². The van der Waals surface area contributed by atoms with Gasteiger partial charge in [-0.2, -0.15) is 8.62 Å². The number of phosphoric ester groups is 1. The van der Waals surface area contributed by atoms with Crippen LogP contribution >= 0.6 is 34.8 Å². The first kappa shape index (κ1) is 50.3. The summed E-state index contributed by atoms with van der Waals surface area (Å²) >= 11 is 1.70. The van der Waals surface area contributed by atoms with Gasteiger partial charge < -0.3 is 39.4 Å². The molecule has 0 radical (unpaired) electrons. The molecule has 1 fully saturated rings. The lowest BCUT2D eigenvalue weighted by molar-refractivity contribution is -0.121. The zero-order chi connectivity index (χ0) is 48.1. The first-order valence-corrected chi connectivity index (χ1v) is 25.4. The second kappa shape index (κ2) is 20.8. The van der Waals surface area contributed by atoms with Gasteiger partial charge in [0.25, 0.3) is 11.5 Å². The summed E-state index contributed by atoms with van der Waals surface area (Å²) in [6.07, 6.45) is -0.137. The molecule has 2 aromatic carbocycles. The zero-order valence-electron chi connectivity index (χ0n) is 36.3. The minimum atomic E-state index is -5.71. The number of H-pyrrole nitrogens is 1. The van der Waals surface area contributed by atoms with Crippen LogP contribution in [0, 0.1) is 11.8 Å². The van der Waals surface area contributed by atoms with Crippen molar-refractivity contribution < 1.29 is 60.7 Å². The first-order chi connectivity index (χ1) is 31.0. The van der Waals surface area contributed by atoms with E-state index in [2.05, 4.69) is 81.2 Å². The number of benzene rings is 3. The molecule has 25 heteroatoms. The molecule has 0 spiro atoms. The van der Waals surface area contributed by atoms with E-state index in [0.29, 0.717) is 12.0 Å². The zero-order valence-corrected chi connectivity index (χ0v) is 39.8. The fourth-order valence-corrected chi connectivity index (χ4v) is 11.2. The number of phosphoric acid groups is 3. The molecule has 352 valence electrons. The fourth-order valence-electron chi connectivity index (χ4n) is 7.04. The van der Waals surface area contributed by atoms with Gasteiger partial charge in [-0.15, -0.1) is 11.3 Å². The highest BCUT2D eigenvalue weighted by molar-refractivity contribution is 7.66. The molecule has 2 unspecified atom stereocenters. The van der Waals surface area contributed by atoms with Gasteiger partial charge in [-0.05, 0) is 54.7 Å². The van der Waals surface area contributed by atoms with Gasteiger partial charge in [0.05, 0.1) is 19.3 Å². The maximum atomic E-state index is 14.1. The largest absolute Gasteiger partial charge is 0.490 e. The third kappa shape index (κ3) is 12.9. The van der Waals surface area contributed by atoms with Crippen LogP contribution in [0.2, 0.25) is 0 Å². The molecule has 1 saturated heterocycles. The van der Waals surface area contributed by atoms with Crippen LogP contribution in [0.3, 0.4) is 0 Å². The maximum absolute atomic E-state index is 14.1. The Kier molecular flexibility index (Phi) is 15.9. The van der Waals surface area contributed by atoms with Gasteiger partial charge in [-0.1, -0.05) is 36.1 Å². The molecule has 2 amide bonds. The normalized spacial score (nSPS) is 16.8. The Morgan fingerprint density at radius 1 is 0.970 bits per heavy atom. The van der Waals surface area contributed by atoms with Gasteiger partial charge in [0.1, 0.15) is 25.9 Å². The molecular weight excluding hydrogens is 941 g/mol. The molecule has 6 rings (SSSR count). The van der Waals surface area contributed by atoms with Crippen molar-refractivity contribution in [2.75, 3.05) is 59.8 Å². The minimum absolute atomic E-state index is 0.0758. The van der Waals surface area contributed by atoms with Crippen LogP contribution in [0.1, 0.15) is 47.8 Å². The third-order valence-electron chi connectivity index (χ3n) is 10.2. The van der Waals surface area contributed by atoms with E-state index < -0.39 is 53.7 Å². The standard InChI is InChI=1S/C41H47N6O15P3S/c1-44(2)27-14-17-32-34(22-27)66-35-23-28(45(3)4)15-18-33(35)38(32)30-11-6-7-12-31(30)40(50)46(5)21-9-13-36(48)42-20-8-10-26-24-47(41(51)43-39(26)49)37-19-16-29(60-37)25-59-64(55,56)62-65(57,58)61-63(52,53)54/h6-7,11-12,14-15,17-18,22-24,29,37H,9,13,16,19-21,25H2,1-5H3,(H5-,42,43,48,49,51,52,53,54,55,56,57,58)/p+1/t29-,37+/m0/s1. The number of aromatic amines is 1. The van der Waals surface area contributed by atoms with Crippen LogP contribution in [0.25, 0.3) is 31.7 Å². The number of nitrogens with zero attached hydrogens (tertiary/aromatic N) is 4. The second-order valence-corrected chi connectivity index (χ2v) is 21.0. The van der Waals surface area contributed by atoms with Crippen LogP contribution in [0.15, 0.2) is 76.4 Å². The van der Waals surface area contributed by atoms with Crippen LogP contribution in [-0.4, -0.2) is 107 Å². The van der Waals surface area contributed by atoms with Crippen molar-refractivity contribution >= 4 is 62.4 Å². The van der Waals surface area contributed by atoms with Crippen LogP contribution in [-0.2, 0) is 36.4 Å². The fraction of sp³-hybridized carbons (Fsp3) is 0.341. The average molecular weight is 990 g/mol. The van der Waals surface area contributed by atoms with Gasteiger partial charge in [-0.3, -0.25) is 28.5 Å².